The van der Waals surface area contributed by atoms with Gasteiger partial charge < -0.3 is 15.0 Å². The average molecular weight is 565 g/mol. The van der Waals surface area contributed by atoms with Gasteiger partial charge in [0.15, 0.2) is 17.3 Å². The second-order valence-electron chi connectivity index (χ2n) is 11.0. The number of nitrogens with one attached hydrogen (secondary N) is 1. The lowest BCUT2D eigenvalue weighted by molar-refractivity contribution is -0.126. The number of amides is 1. The smallest absolute Gasteiger partial charge is 0.245 e. The van der Waals surface area contributed by atoms with Gasteiger partial charge in [-0.3, -0.25) is 4.79 Å². The number of pyridine rings is 2. The number of aromatic nitrogens is 6. The predicted molar refractivity (Wildman–Crippen MR) is 155 cm³/mol. The molecule has 10 nitrogen and oxygen atoms in total. The van der Waals surface area contributed by atoms with Crippen LogP contribution < -0.4 is 10.1 Å². The molecule has 1 aromatic carbocycles. The van der Waals surface area contributed by atoms with Crippen LogP contribution in [0.5, 0.6) is 11.5 Å². The molecular weight excluding hydrogens is 535 g/mol. The van der Waals surface area contributed by atoms with E-state index < -0.39 is 5.82 Å². The zero-order chi connectivity index (χ0) is 28.8. The van der Waals surface area contributed by atoms with Crippen molar-refractivity contribution in [2.24, 2.45) is 11.8 Å². The second-order valence-corrected chi connectivity index (χ2v) is 11.0. The van der Waals surface area contributed by atoms with Crippen LogP contribution in [0.3, 0.4) is 0 Å². The number of halogens is 1. The fourth-order valence-corrected chi connectivity index (χ4v) is 6.32. The fourth-order valence-electron chi connectivity index (χ4n) is 6.32. The van der Waals surface area contributed by atoms with Crippen LogP contribution in [0.2, 0.25) is 0 Å². The quantitative estimate of drug-likeness (QED) is 0.266. The summed E-state index contributed by atoms with van der Waals surface area (Å²) in [5, 5.41) is 7.22. The third-order valence-electron chi connectivity index (χ3n) is 8.49. The molecule has 1 aliphatic heterocycles. The van der Waals surface area contributed by atoms with Gasteiger partial charge in [0.05, 0.1) is 11.2 Å². The van der Waals surface area contributed by atoms with Crippen molar-refractivity contribution in [2.45, 2.75) is 32.1 Å². The van der Waals surface area contributed by atoms with Crippen LogP contribution in [0.1, 0.15) is 36.4 Å². The Labute approximate surface area is 241 Å². The minimum atomic E-state index is -0.452. The molecule has 4 aromatic heterocycles. The summed E-state index contributed by atoms with van der Waals surface area (Å²) in [6.45, 7) is 6.81. The third kappa shape index (κ3) is 4.70. The Balaban J connectivity index is 1.15. The SMILES string of the molecule is C=CC(=O)N1CCC2C[C@@H](C1)[C@H](c1ccc3ncnc(Nc4ccc(Oc5ccn6ncnc6c5)c(C)c4F)c3n1)C2. The maximum absolute atomic E-state index is 15.6. The Bertz CT molecular complexity index is 1840. The highest BCUT2D eigenvalue weighted by atomic mass is 19.1. The minimum absolute atomic E-state index is 0.0159. The molecular formula is C31H29FN8O2. The highest BCUT2D eigenvalue weighted by molar-refractivity contribution is 5.88. The number of fused-ring (bicyclic) bond motifs is 4. The van der Waals surface area contributed by atoms with Gasteiger partial charge in [-0.2, -0.15) is 5.10 Å². The molecule has 5 heterocycles. The van der Waals surface area contributed by atoms with Gasteiger partial charge in [-0.25, -0.2) is 28.8 Å². The van der Waals surface area contributed by atoms with Gasteiger partial charge in [-0.05, 0) is 74.4 Å². The monoisotopic (exact) mass is 564 g/mol. The number of benzene rings is 1. The van der Waals surface area contributed by atoms with Crippen molar-refractivity contribution in [3.05, 3.63) is 85.0 Å². The van der Waals surface area contributed by atoms with E-state index in [1.807, 2.05) is 17.0 Å². The first-order chi connectivity index (χ1) is 20.5. The molecule has 7 rings (SSSR count). The number of likely N-dealkylation sites (tertiary alicyclic amines) is 1. The normalized spacial score (nSPS) is 20.0. The summed E-state index contributed by atoms with van der Waals surface area (Å²) in [7, 11) is 0. The van der Waals surface area contributed by atoms with Crippen molar-refractivity contribution in [1.29, 1.82) is 0 Å². The molecule has 212 valence electrons. The van der Waals surface area contributed by atoms with Crippen LogP contribution in [0.4, 0.5) is 15.9 Å². The van der Waals surface area contributed by atoms with Gasteiger partial charge in [-0.1, -0.05) is 6.58 Å². The molecule has 1 aliphatic carbocycles. The number of rotatable bonds is 6. The van der Waals surface area contributed by atoms with Crippen LogP contribution in [0.15, 0.2) is 67.9 Å². The van der Waals surface area contributed by atoms with Gasteiger partial charge in [-0.15, -0.1) is 0 Å². The van der Waals surface area contributed by atoms with Gasteiger partial charge in [0.2, 0.25) is 5.91 Å². The molecule has 3 atom stereocenters. The molecule has 42 heavy (non-hydrogen) atoms. The summed E-state index contributed by atoms with van der Waals surface area (Å²) in [4.78, 5) is 32.3. The van der Waals surface area contributed by atoms with Crippen molar-refractivity contribution in [1.82, 2.24) is 34.4 Å². The van der Waals surface area contributed by atoms with Gasteiger partial charge in [0.25, 0.3) is 0 Å². The largest absolute Gasteiger partial charge is 0.457 e. The lowest BCUT2D eigenvalue weighted by Crippen LogP contribution is -2.35. The summed E-state index contributed by atoms with van der Waals surface area (Å²) < 4.78 is 23.2. The molecule has 2 aliphatic rings. The molecule has 1 saturated heterocycles. The fraction of sp³-hybridized carbons (Fsp3) is 0.290. The van der Waals surface area contributed by atoms with Gasteiger partial charge in [0, 0.05) is 42.5 Å². The zero-order valence-corrected chi connectivity index (χ0v) is 23.1. The molecule has 5 aromatic rings. The molecule has 2 bridgehead atoms. The molecule has 0 spiro atoms. The predicted octanol–water partition coefficient (Wildman–Crippen LogP) is 5.58. The van der Waals surface area contributed by atoms with E-state index in [0.29, 0.717) is 57.9 Å². The summed E-state index contributed by atoms with van der Waals surface area (Å²) in [6, 6.07) is 10.8. The molecule has 1 unspecified atom stereocenters. The lowest BCUT2D eigenvalue weighted by atomic mass is 9.91. The summed E-state index contributed by atoms with van der Waals surface area (Å²) >= 11 is 0. The van der Waals surface area contributed by atoms with Crippen molar-refractivity contribution < 1.29 is 13.9 Å². The molecule has 1 saturated carbocycles. The lowest BCUT2D eigenvalue weighted by Gasteiger charge is -2.28. The Morgan fingerprint density at radius 2 is 2.05 bits per heavy atom. The van der Waals surface area contributed by atoms with E-state index in [1.54, 1.807) is 41.9 Å². The van der Waals surface area contributed by atoms with Crippen molar-refractivity contribution in [3.63, 3.8) is 0 Å². The van der Waals surface area contributed by atoms with Crippen LogP contribution in [0, 0.1) is 24.6 Å². The average Bonchev–Trinajstić information content (AvgIpc) is 3.58. The number of nitrogens with zero attached hydrogens (tertiary/aromatic N) is 7. The molecule has 2 fully saturated rings. The molecule has 0 radical (unpaired) electrons. The molecule has 1 N–H and O–H groups in total. The van der Waals surface area contributed by atoms with E-state index in [2.05, 4.69) is 31.9 Å². The topological polar surface area (TPSA) is 110 Å². The van der Waals surface area contributed by atoms with Crippen LogP contribution in [-0.2, 0) is 4.79 Å². The first-order valence-electron chi connectivity index (χ1n) is 14.0. The molecule has 11 heteroatoms. The van der Waals surface area contributed by atoms with Crippen LogP contribution in [0.25, 0.3) is 16.7 Å². The number of ether oxygens (including phenoxy) is 1. The highest BCUT2D eigenvalue weighted by Crippen LogP contribution is 2.46. The van der Waals surface area contributed by atoms with E-state index in [1.165, 1.54) is 18.7 Å². The number of hydrogen-bond donors (Lipinski definition) is 1. The van der Waals surface area contributed by atoms with Crippen molar-refractivity contribution in [2.75, 3.05) is 18.4 Å². The van der Waals surface area contributed by atoms with Crippen LogP contribution >= 0.6 is 0 Å². The number of hydrogen-bond acceptors (Lipinski definition) is 8. The van der Waals surface area contributed by atoms with E-state index >= 15 is 4.39 Å². The number of carbonyl (C=O) groups excluding carboxylic acids is 1. The standard InChI is InChI=1S/C31H29FN8O2/c1-3-28(41)39-10-8-19-12-20(15-39)22(13-19)23-4-5-25-30(37-23)31(35-16-33-25)38-24-6-7-26(18(2)29(24)32)42-21-9-11-40-27(14-21)34-17-36-40/h3-7,9,11,14,16-17,19-20,22H,1,8,10,12-13,15H2,2H3,(H,33,35,38)/t19?,20-,22+/m0/s1. The third-order valence-corrected chi connectivity index (χ3v) is 8.49. The van der Waals surface area contributed by atoms with Crippen molar-refractivity contribution in [3.8, 4) is 11.5 Å². The maximum Gasteiger partial charge on any atom is 0.245 e. The van der Waals surface area contributed by atoms with Crippen molar-refractivity contribution >= 4 is 34.1 Å². The number of carbonyl (C=O) groups is 1. The first kappa shape index (κ1) is 26.0. The summed E-state index contributed by atoms with van der Waals surface area (Å²) in [5.41, 5.74) is 3.43. The minimum Gasteiger partial charge on any atom is -0.457 e. The van der Waals surface area contributed by atoms with Gasteiger partial charge in [0.1, 0.15) is 29.7 Å². The van der Waals surface area contributed by atoms with Crippen LogP contribution in [-0.4, -0.2) is 53.4 Å². The Hall–Kier alpha value is -4.93. The summed E-state index contributed by atoms with van der Waals surface area (Å²) in [5.74, 6) is 1.98. The maximum atomic E-state index is 15.6. The second kappa shape index (κ2) is 10.5. The van der Waals surface area contributed by atoms with E-state index in [4.69, 9.17) is 9.72 Å². The highest BCUT2D eigenvalue weighted by Gasteiger charge is 2.40. The Morgan fingerprint density at radius 3 is 2.93 bits per heavy atom. The van der Waals surface area contributed by atoms with Gasteiger partial charge >= 0.3 is 0 Å². The Morgan fingerprint density at radius 1 is 1.14 bits per heavy atom. The molecule has 1 amide bonds. The van der Waals surface area contributed by atoms with E-state index in [0.717, 1.165) is 31.5 Å². The van der Waals surface area contributed by atoms with E-state index in [-0.39, 0.29) is 17.5 Å². The zero-order valence-electron chi connectivity index (χ0n) is 23.1. The Kier molecular flexibility index (Phi) is 6.49. The van der Waals surface area contributed by atoms with E-state index in [9.17, 15) is 4.79 Å². The summed E-state index contributed by atoms with van der Waals surface area (Å²) in [6.07, 6.45) is 9.14. The number of anilines is 2. The first-order valence-corrected chi connectivity index (χ1v) is 14.0.